The van der Waals surface area contributed by atoms with Gasteiger partial charge in [-0.1, -0.05) is 0 Å². The molecule has 1 saturated carbocycles. The first-order valence-electron chi connectivity index (χ1n) is 7.20. The third-order valence-electron chi connectivity index (χ3n) is 3.93. The zero-order valence-electron chi connectivity index (χ0n) is 11.6. The van der Waals surface area contributed by atoms with E-state index < -0.39 is 4.92 Å². The van der Waals surface area contributed by atoms with E-state index in [1.165, 1.54) is 12.6 Å². The molecule has 0 spiro atoms. The van der Waals surface area contributed by atoms with Gasteiger partial charge in [0.15, 0.2) is 0 Å². The van der Waals surface area contributed by atoms with E-state index in [1.54, 1.807) is 0 Å². The van der Waals surface area contributed by atoms with Crippen molar-refractivity contribution in [2.24, 2.45) is 0 Å². The Labute approximate surface area is 117 Å². The summed E-state index contributed by atoms with van der Waals surface area (Å²) in [6.45, 7) is 3.07. The van der Waals surface area contributed by atoms with Crippen LogP contribution >= 0.6 is 0 Å². The van der Waals surface area contributed by atoms with Crippen LogP contribution in [0.1, 0.15) is 39.0 Å². The van der Waals surface area contributed by atoms with Crippen LogP contribution in [0.4, 0.5) is 17.5 Å². The number of rotatable bonds is 4. The van der Waals surface area contributed by atoms with Crippen LogP contribution in [0, 0.1) is 10.1 Å². The molecule has 108 valence electrons. The average molecular weight is 277 g/mol. The van der Waals surface area contributed by atoms with Crippen molar-refractivity contribution < 1.29 is 4.92 Å². The van der Waals surface area contributed by atoms with E-state index in [0.29, 0.717) is 23.8 Å². The normalized spacial score (nSPS) is 22.6. The number of nitro groups is 1. The summed E-state index contributed by atoms with van der Waals surface area (Å²) in [5, 5.41) is 14.2. The summed E-state index contributed by atoms with van der Waals surface area (Å²) in [6, 6.07) is 0.717. The van der Waals surface area contributed by atoms with E-state index >= 15 is 0 Å². The Morgan fingerprint density at radius 3 is 2.85 bits per heavy atom. The van der Waals surface area contributed by atoms with Gasteiger partial charge in [0.2, 0.25) is 11.8 Å². The molecule has 1 aromatic heterocycles. The zero-order valence-corrected chi connectivity index (χ0v) is 11.6. The zero-order chi connectivity index (χ0) is 14.1. The SMILES string of the molecule is C[C@H]1CCCCN1c1ncc([N+](=O)[O-])c(NC2CC2)n1. The van der Waals surface area contributed by atoms with E-state index in [2.05, 4.69) is 27.1 Å². The number of nitrogens with zero attached hydrogens (tertiary/aromatic N) is 4. The van der Waals surface area contributed by atoms with Gasteiger partial charge in [-0.15, -0.1) is 0 Å². The van der Waals surface area contributed by atoms with Crippen LogP contribution in [-0.4, -0.2) is 33.5 Å². The Kier molecular flexibility index (Phi) is 3.42. The van der Waals surface area contributed by atoms with Crippen molar-refractivity contribution >= 4 is 17.5 Å². The summed E-state index contributed by atoms with van der Waals surface area (Å²) in [4.78, 5) is 21.4. The quantitative estimate of drug-likeness (QED) is 0.671. The predicted molar refractivity (Wildman–Crippen MR) is 76.0 cm³/mol. The van der Waals surface area contributed by atoms with Crippen molar-refractivity contribution in [3.8, 4) is 0 Å². The fraction of sp³-hybridized carbons (Fsp3) is 0.692. The van der Waals surface area contributed by atoms with E-state index in [-0.39, 0.29) is 5.69 Å². The molecule has 0 amide bonds. The van der Waals surface area contributed by atoms with Crippen molar-refractivity contribution in [1.29, 1.82) is 0 Å². The molecule has 0 bridgehead atoms. The van der Waals surface area contributed by atoms with Crippen LogP contribution < -0.4 is 10.2 Å². The fourth-order valence-corrected chi connectivity index (χ4v) is 2.56. The minimum absolute atomic E-state index is 0.0367. The maximum absolute atomic E-state index is 11.0. The summed E-state index contributed by atoms with van der Waals surface area (Å²) in [5.74, 6) is 0.964. The second-order valence-corrected chi connectivity index (χ2v) is 5.62. The van der Waals surface area contributed by atoms with Crippen LogP contribution in [0.2, 0.25) is 0 Å². The highest BCUT2D eigenvalue weighted by atomic mass is 16.6. The molecule has 0 aromatic carbocycles. The highest BCUT2D eigenvalue weighted by molar-refractivity contribution is 5.58. The van der Waals surface area contributed by atoms with Gasteiger partial charge in [-0.25, -0.2) is 4.98 Å². The Hall–Kier alpha value is -1.92. The van der Waals surface area contributed by atoms with Gasteiger partial charge < -0.3 is 10.2 Å². The van der Waals surface area contributed by atoms with Gasteiger partial charge >= 0.3 is 5.69 Å². The highest BCUT2D eigenvalue weighted by Gasteiger charge is 2.28. The van der Waals surface area contributed by atoms with Crippen LogP contribution in [0.25, 0.3) is 0 Å². The number of anilines is 2. The molecule has 0 unspecified atom stereocenters. The molecular weight excluding hydrogens is 258 g/mol. The standard InChI is InChI=1S/C13H19N5O2/c1-9-4-2-3-7-17(9)13-14-8-11(18(19)20)12(16-13)15-10-5-6-10/h8-10H,2-7H2,1H3,(H,14,15,16)/t9-/m0/s1. The number of hydrogen-bond acceptors (Lipinski definition) is 6. The molecular formula is C13H19N5O2. The van der Waals surface area contributed by atoms with E-state index in [9.17, 15) is 10.1 Å². The van der Waals surface area contributed by atoms with Crippen molar-refractivity contribution in [2.75, 3.05) is 16.8 Å². The molecule has 1 saturated heterocycles. The van der Waals surface area contributed by atoms with Gasteiger partial charge in [-0.3, -0.25) is 10.1 Å². The molecule has 1 aliphatic carbocycles. The molecule has 1 aliphatic heterocycles. The monoisotopic (exact) mass is 277 g/mol. The molecule has 7 heteroatoms. The maximum Gasteiger partial charge on any atom is 0.329 e. The molecule has 1 atom stereocenters. The molecule has 0 radical (unpaired) electrons. The summed E-state index contributed by atoms with van der Waals surface area (Å²) >= 11 is 0. The first-order chi connectivity index (χ1) is 9.65. The predicted octanol–water partition coefficient (Wildman–Crippen LogP) is 2.34. The number of hydrogen-bond donors (Lipinski definition) is 1. The Morgan fingerprint density at radius 1 is 1.40 bits per heavy atom. The molecule has 7 nitrogen and oxygen atoms in total. The Bertz CT molecular complexity index is 517. The van der Waals surface area contributed by atoms with Gasteiger partial charge in [0, 0.05) is 18.6 Å². The maximum atomic E-state index is 11.0. The third kappa shape index (κ3) is 2.66. The Balaban J connectivity index is 1.89. The lowest BCUT2D eigenvalue weighted by Gasteiger charge is -2.33. The highest BCUT2D eigenvalue weighted by Crippen LogP contribution is 2.31. The van der Waals surface area contributed by atoms with E-state index in [1.807, 2.05) is 0 Å². The minimum Gasteiger partial charge on any atom is -0.361 e. The second-order valence-electron chi connectivity index (χ2n) is 5.62. The van der Waals surface area contributed by atoms with Crippen molar-refractivity contribution in [3.05, 3.63) is 16.3 Å². The summed E-state index contributed by atoms with van der Waals surface area (Å²) in [6.07, 6.45) is 6.89. The summed E-state index contributed by atoms with van der Waals surface area (Å²) < 4.78 is 0. The molecule has 2 fully saturated rings. The smallest absolute Gasteiger partial charge is 0.329 e. The minimum atomic E-state index is -0.422. The van der Waals surface area contributed by atoms with Gasteiger partial charge in [-0.05, 0) is 39.0 Å². The largest absolute Gasteiger partial charge is 0.361 e. The fourth-order valence-electron chi connectivity index (χ4n) is 2.56. The van der Waals surface area contributed by atoms with Crippen LogP contribution in [0.3, 0.4) is 0 Å². The molecule has 3 rings (SSSR count). The Morgan fingerprint density at radius 2 is 2.20 bits per heavy atom. The molecule has 20 heavy (non-hydrogen) atoms. The molecule has 2 heterocycles. The van der Waals surface area contributed by atoms with Crippen LogP contribution in [-0.2, 0) is 0 Å². The van der Waals surface area contributed by atoms with Gasteiger partial charge in [0.1, 0.15) is 6.20 Å². The lowest BCUT2D eigenvalue weighted by Crippen LogP contribution is -2.38. The first kappa shape index (κ1) is 13.1. The number of nitrogens with one attached hydrogen (secondary N) is 1. The van der Waals surface area contributed by atoms with Gasteiger partial charge in [0.25, 0.3) is 0 Å². The summed E-state index contributed by atoms with van der Waals surface area (Å²) in [5.41, 5.74) is -0.0367. The average Bonchev–Trinajstić information content (AvgIpc) is 3.23. The number of piperidine rings is 1. The van der Waals surface area contributed by atoms with Crippen LogP contribution in [0.15, 0.2) is 6.20 Å². The second kappa shape index (κ2) is 5.22. The van der Waals surface area contributed by atoms with Crippen LogP contribution in [0.5, 0.6) is 0 Å². The van der Waals surface area contributed by atoms with Gasteiger partial charge in [0.05, 0.1) is 4.92 Å². The van der Waals surface area contributed by atoms with Crippen molar-refractivity contribution in [1.82, 2.24) is 9.97 Å². The summed E-state index contributed by atoms with van der Waals surface area (Å²) in [7, 11) is 0. The lowest BCUT2D eigenvalue weighted by molar-refractivity contribution is -0.384. The van der Waals surface area contributed by atoms with Gasteiger partial charge in [-0.2, -0.15) is 4.98 Å². The van der Waals surface area contributed by atoms with Crippen molar-refractivity contribution in [2.45, 2.75) is 51.1 Å². The van der Waals surface area contributed by atoms with E-state index in [0.717, 1.165) is 32.2 Å². The van der Waals surface area contributed by atoms with E-state index in [4.69, 9.17) is 0 Å². The first-order valence-corrected chi connectivity index (χ1v) is 7.20. The molecule has 1 aromatic rings. The lowest BCUT2D eigenvalue weighted by atomic mass is 10.0. The third-order valence-corrected chi connectivity index (χ3v) is 3.93. The number of aromatic nitrogens is 2. The van der Waals surface area contributed by atoms with Crippen molar-refractivity contribution in [3.63, 3.8) is 0 Å². The molecule has 1 N–H and O–H groups in total. The molecule has 2 aliphatic rings. The topological polar surface area (TPSA) is 84.2 Å².